The molecule has 1 fully saturated rings. The molecule has 0 heterocycles. The summed E-state index contributed by atoms with van der Waals surface area (Å²) in [7, 11) is 1.84. The Labute approximate surface area is 147 Å². The van der Waals surface area contributed by atoms with Gasteiger partial charge in [0.15, 0.2) is 5.96 Å². The van der Waals surface area contributed by atoms with Gasteiger partial charge < -0.3 is 15.4 Å². The zero-order chi connectivity index (χ0) is 14.8. The lowest BCUT2D eigenvalue weighted by atomic mass is 9.80. The molecule has 2 N–H and O–H groups in total. The van der Waals surface area contributed by atoms with Crippen molar-refractivity contribution in [2.45, 2.75) is 58.9 Å². The molecule has 1 aliphatic rings. The number of halogens is 1. The normalized spacial score (nSPS) is 22.8. The molecule has 0 aliphatic heterocycles. The molecule has 21 heavy (non-hydrogen) atoms. The summed E-state index contributed by atoms with van der Waals surface area (Å²) in [5.74, 6) is 2.68. The van der Waals surface area contributed by atoms with Crippen molar-refractivity contribution >= 4 is 29.9 Å². The number of ether oxygens (including phenoxy) is 1. The molecule has 0 atom stereocenters. The van der Waals surface area contributed by atoms with Crippen LogP contribution in [0.3, 0.4) is 0 Å². The molecule has 126 valence electrons. The van der Waals surface area contributed by atoms with E-state index in [1.165, 1.54) is 25.7 Å². The van der Waals surface area contributed by atoms with Crippen molar-refractivity contribution in [2.24, 2.45) is 16.8 Å². The first-order valence-corrected chi connectivity index (χ1v) is 8.22. The van der Waals surface area contributed by atoms with Crippen molar-refractivity contribution in [3.8, 4) is 0 Å². The average Bonchev–Trinajstić information content (AvgIpc) is 2.46. The lowest BCUT2D eigenvalue weighted by Gasteiger charge is -2.32. The largest absolute Gasteiger partial charge is 0.382 e. The van der Waals surface area contributed by atoms with Crippen LogP contribution >= 0.6 is 24.0 Å². The highest BCUT2D eigenvalue weighted by Gasteiger charge is 2.23. The molecule has 0 radical (unpaired) electrons. The number of aliphatic imine (C=N–C) groups is 1. The van der Waals surface area contributed by atoms with Crippen molar-refractivity contribution < 1.29 is 4.74 Å². The third-order valence-electron chi connectivity index (χ3n) is 4.24. The average molecular weight is 411 g/mol. The molecular formula is C16H34IN3O. The molecule has 0 saturated heterocycles. The zero-order valence-electron chi connectivity index (χ0n) is 14.2. The van der Waals surface area contributed by atoms with Crippen molar-refractivity contribution in [2.75, 3.05) is 26.8 Å². The van der Waals surface area contributed by atoms with Crippen LogP contribution in [0.25, 0.3) is 0 Å². The maximum Gasteiger partial charge on any atom is 0.191 e. The Morgan fingerprint density at radius 3 is 2.43 bits per heavy atom. The molecule has 0 amide bonds. The molecule has 4 nitrogen and oxygen atoms in total. The van der Waals surface area contributed by atoms with E-state index in [1.54, 1.807) is 0 Å². The van der Waals surface area contributed by atoms with Gasteiger partial charge in [0.25, 0.3) is 0 Å². The molecule has 1 aliphatic carbocycles. The third-order valence-corrected chi connectivity index (χ3v) is 4.24. The van der Waals surface area contributed by atoms with Crippen LogP contribution in [0.2, 0.25) is 0 Å². The van der Waals surface area contributed by atoms with Gasteiger partial charge in [-0.3, -0.25) is 4.99 Å². The highest BCUT2D eigenvalue weighted by molar-refractivity contribution is 14.0. The quantitative estimate of drug-likeness (QED) is 0.292. The van der Waals surface area contributed by atoms with Crippen LogP contribution in [-0.4, -0.2) is 38.8 Å². The van der Waals surface area contributed by atoms with Crippen LogP contribution in [0.15, 0.2) is 4.99 Å². The Kier molecular flexibility index (Phi) is 12.5. The van der Waals surface area contributed by atoms with E-state index in [0.29, 0.717) is 6.04 Å². The van der Waals surface area contributed by atoms with E-state index in [1.807, 2.05) is 14.0 Å². The topological polar surface area (TPSA) is 45.6 Å². The van der Waals surface area contributed by atoms with Crippen LogP contribution in [0.5, 0.6) is 0 Å². The van der Waals surface area contributed by atoms with Gasteiger partial charge in [-0.05, 0) is 50.9 Å². The molecule has 0 aromatic carbocycles. The summed E-state index contributed by atoms with van der Waals surface area (Å²) >= 11 is 0. The van der Waals surface area contributed by atoms with Gasteiger partial charge in [-0.2, -0.15) is 0 Å². The minimum absolute atomic E-state index is 0. The van der Waals surface area contributed by atoms with Crippen LogP contribution in [0.1, 0.15) is 52.9 Å². The first-order valence-electron chi connectivity index (χ1n) is 8.22. The van der Waals surface area contributed by atoms with Gasteiger partial charge in [0.1, 0.15) is 0 Å². The Bertz CT molecular complexity index is 277. The second kappa shape index (κ2) is 12.5. The van der Waals surface area contributed by atoms with Crippen molar-refractivity contribution in [3.05, 3.63) is 0 Å². The number of hydrogen-bond acceptors (Lipinski definition) is 2. The molecule has 0 aromatic rings. The first kappa shape index (κ1) is 21.0. The fourth-order valence-corrected chi connectivity index (χ4v) is 2.84. The predicted octanol–water partition coefficient (Wildman–Crippen LogP) is 3.41. The van der Waals surface area contributed by atoms with Gasteiger partial charge in [-0.15, -0.1) is 24.0 Å². The second-order valence-electron chi connectivity index (χ2n) is 6.05. The number of rotatable bonds is 7. The molecular weight excluding hydrogens is 377 g/mol. The molecule has 1 rings (SSSR count). The lowest BCUT2D eigenvalue weighted by molar-refractivity contribution is 0.145. The van der Waals surface area contributed by atoms with Gasteiger partial charge in [0.2, 0.25) is 0 Å². The van der Waals surface area contributed by atoms with Gasteiger partial charge in [0.05, 0.1) is 0 Å². The Hall–Kier alpha value is -0.0400. The number of hydrogen-bond donors (Lipinski definition) is 2. The van der Waals surface area contributed by atoms with Crippen LogP contribution in [-0.2, 0) is 4.74 Å². The highest BCUT2D eigenvalue weighted by atomic mass is 127. The summed E-state index contributed by atoms with van der Waals surface area (Å²) in [5, 5.41) is 6.92. The Balaban J connectivity index is 0.00000400. The van der Waals surface area contributed by atoms with Crippen LogP contribution in [0.4, 0.5) is 0 Å². The second-order valence-corrected chi connectivity index (χ2v) is 6.05. The third kappa shape index (κ3) is 8.86. The van der Waals surface area contributed by atoms with E-state index in [0.717, 1.165) is 44.0 Å². The van der Waals surface area contributed by atoms with E-state index in [2.05, 4.69) is 29.5 Å². The first-order chi connectivity index (χ1) is 9.67. The minimum atomic E-state index is 0. The summed E-state index contributed by atoms with van der Waals surface area (Å²) in [6, 6.07) is 0.586. The lowest BCUT2D eigenvalue weighted by Crippen LogP contribution is -2.45. The fraction of sp³-hybridized carbons (Fsp3) is 0.938. The number of nitrogens with zero attached hydrogens (tertiary/aromatic N) is 1. The smallest absolute Gasteiger partial charge is 0.191 e. The molecule has 1 saturated carbocycles. The monoisotopic (exact) mass is 411 g/mol. The standard InChI is InChI=1S/C16H33N3O.HI/c1-5-20-12-6-11-18-16(17-4)19-15-9-7-14(8-10-15)13(2)3;/h13-15H,5-12H2,1-4H3,(H2,17,18,19);1H. The van der Waals surface area contributed by atoms with E-state index in [4.69, 9.17) is 4.74 Å². The number of guanidine groups is 1. The van der Waals surface area contributed by atoms with Crippen molar-refractivity contribution in [1.29, 1.82) is 0 Å². The van der Waals surface area contributed by atoms with E-state index in [9.17, 15) is 0 Å². The summed E-state index contributed by atoms with van der Waals surface area (Å²) in [6.45, 7) is 9.25. The fourth-order valence-electron chi connectivity index (χ4n) is 2.84. The summed E-state index contributed by atoms with van der Waals surface area (Å²) in [4.78, 5) is 4.31. The van der Waals surface area contributed by atoms with E-state index < -0.39 is 0 Å². The summed E-state index contributed by atoms with van der Waals surface area (Å²) < 4.78 is 5.33. The Morgan fingerprint density at radius 1 is 1.24 bits per heavy atom. The highest BCUT2D eigenvalue weighted by Crippen LogP contribution is 2.29. The molecule has 0 unspecified atom stereocenters. The maximum absolute atomic E-state index is 5.33. The van der Waals surface area contributed by atoms with Crippen molar-refractivity contribution in [1.82, 2.24) is 10.6 Å². The SMILES string of the molecule is CCOCCCNC(=NC)NC1CCC(C(C)C)CC1.I. The van der Waals surface area contributed by atoms with E-state index in [-0.39, 0.29) is 24.0 Å². The summed E-state index contributed by atoms with van der Waals surface area (Å²) in [6.07, 6.45) is 6.24. The van der Waals surface area contributed by atoms with Gasteiger partial charge in [0, 0.05) is 32.8 Å². The maximum atomic E-state index is 5.33. The van der Waals surface area contributed by atoms with E-state index >= 15 is 0 Å². The van der Waals surface area contributed by atoms with Crippen molar-refractivity contribution in [3.63, 3.8) is 0 Å². The molecule has 5 heteroatoms. The summed E-state index contributed by atoms with van der Waals surface area (Å²) in [5.41, 5.74) is 0. The molecule has 0 spiro atoms. The van der Waals surface area contributed by atoms with Crippen LogP contribution < -0.4 is 10.6 Å². The number of nitrogens with one attached hydrogen (secondary N) is 2. The molecule has 0 bridgehead atoms. The van der Waals surface area contributed by atoms with Crippen LogP contribution in [0, 0.1) is 11.8 Å². The van der Waals surface area contributed by atoms with Gasteiger partial charge in [-0.1, -0.05) is 13.8 Å². The molecule has 0 aromatic heterocycles. The zero-order valence-corrected chi connectivity index (χ0v) is 16.5. The minimum Gasteiger partial charge on any atom is -0.382 e. The van der Waals surface area contributed by atoms with Gasteiger partial charge >= 0.3 is 0 Å². The predicted molar refractivity (Wildman–Crippen MR) is 102 cm³/mol. The van der Waals surface area contributed by atoms with Gasteiger partial charge in [-0.25, -0.2) is 0 Å². The Morgan fingerprint density at radius 2 is 1.90 bits per heavy atom.